The van der Waals surface area contributed by atoms with Crippen LogP contribution in [0.1, 0.15) is 15.9 Å². The van der Waals surface area contributed by atoms with Gasteiger partial charge >= 0.3 is 5.97 Å². The number of hydrogen-bond acceptors (Lipinski definition) is 6. The van der Waals surface area contributed by atoms with Crippen molar-refractivity contribution < 1.29 is 22.7 Å². The highest BCUT2D eigenvalue weighted by atomic mass is 35.5. The number of carbonyl (C=O) groups excluding carboxylic acids is 1. The lowest BCUT2D eigenvalue weighted by Gasteiger charge is -2.20. The zero-order valence-electron chi connectivity index (χ0n) is 14.4. The van der Waals surface area contributed by atoms with Gasteiger partial charge in [-0.1, -0.05) is 11.6 Å². The van der Waals surface area contributed by atoms with E-state index in [2.05, 4.69) is 5.32 Å². The van der Waals surface area contributed by atoms with Crippen LogP contribution in [0.4, 0.5) is 0 Å². The zero-order valence-corrected chi connectivity index (χ0v) is 16.0. The molecule has 9 heteroatoms. The number of methoxy groups -OCH3 is 1. The summed E-state index contributed by atoms with van der Waals surface area (Å²) in [5.74, 6) is -0.108. The van der Waals surface area contributed by atoms with Crippen molar-refractivity contribution in [2.75, 3.05) is 46.7 Å². The van der Waals surface area contributed by atoms with Crippen LogP contribution in [-0.4, -0.2) is 65.3 Å². The Hall–Kier alpha value is -1.35. The second kappa shape index (κ2) is 10.5. The molecule has 1 rings (SSSR count). The van der Waals surface area contributed by atoms with Crippen LogP contribution in [0.5, 0.6) is 5.75 Å². The number of esters is 1. The second-order valence-electron chi connectivity index (χ2n) is 5.11. The van der Waals surface area contributed by atoms with Crippen LogP contribution in [0.25, 0.3) is 0 Å². The molecule has 138 valence electrons. The highest BCUT2D eigenvalue weighted by Gasteiger charge is 2.17. The summed E-state index contributed by atoms with van der Waals surface area (Å²) in [6, 6.07) is 5.17. The Morgan fingerprint density at radius 1 is 1.29 bits per heavy atom. The monoisotopic (exact) mass is 380 g/mol. The van der Waals surface area contributed by atoms with Gasteiger partial charge in [-0.05, 0) is 26.1 Å². The largest absolute Gasteiger partial charge is 0.491 e. The zero-order chi connectivity index (χ0) is 17.5. The van der Waals surface area contributed by atoms with Crippen molar-refractivity contribution >= 4 is 28.4 Å². The predicted octanol–water partition coefficient (Wildman–Crippen LogP) is 1.06. The molecule has 0 amide bonds. The van der Waals surface area contributed by atoms with E-state index >= 15 is 0 Å². The fraction of sp³-hybridized carbons (Fsp3) is 0.533. The molecular weight excluding hydrogens is 356 g/mol. The molecule has 1 aromatic rings. The van der Waals surface area contributed by atoms with Crippen LogP contribution in [-0.2, 0) is 14.8 Å². The van der Waals surface area contributed by atoms with Crippen molar-refractivity contribution in [3.8, 4) is 5.75 Å². The molecule has 0 fully saturated rings. The Morgan fingerprint density at radius 2 is 1.96 bits per heavy atom. The molecule has 0 aliphatic carbocycles. The first-order chi connectivity index (χ1) is 10.8. The summed E-state index contributed by atoms with van der Waals surface area (Å²) < 4.78 is 35.1. The average molecular weight is 381 g/mol. The Bertz CT molecular complexity index is 637. The molecule has 0 aliphatic heterocycles. The molecule has 0 saturated carbocycles. The van der Waals surface area contributed by atoms with E-state index in [0.29, 0.717) is 24.4 Å². The van der Waals surface area contributed by atoms with Crippen LogP contribution in [0.15, 0.2) is 18.2 Å². The van der Waals surface area contributed by atoms with Gasteiger partial charge in [0.15, 0.2) is 0 Å². The van der Waals surface area contributed by atoms with Gasteiger partial charge < -0.3 is 14.8 Å². The molecule has 0 radical (unpaired) electrons. The smallest absolute Gasteiger partial charge is 0.341 e. The quantitative estimate of drug-likeness (QED) is 0.645. The first-order valence-corrected chi connectivity index (χ1v) is 9.06. The van der Waals surface area contributed by atoms with E-state index < -0.39 is 16.0 Å². The van der Waals surface area contributed by atoms with Gasteiger partial charge in [-0.25, -0.2) is 13.2 Å². The molecule has 0 atom stereocenters. The number of rotatable bonds is 9. The first kappa shape index (κ1) is 22.6. The maximum absolute atomic E-state index is 11.8. The maximum atomic E-state index is 11.8. The van der Waals surface area contributed by atoms with Gasteiger partial charge in [0.2, 0.25) is 10.0 Å². The van der Waals surface area contributed by atoms with E-state index in [1.54, 1.807) is 19.2 Å². The number of likely N-dealkylation sites (N-methyl/N-ethyl adjacent to an activating group) is 1. The average Bonchev–Trinajstić information content (AvgIpc) is 2.49. The normalized spacial score (nSPS) is 11.0. The summed E-state index contributed by atoms with van der Waals surface area (Å²) in [6.45, 7) is 3.11. The maximum Gasteiger partial charge on any atom is 0.341 e. The SMILES string of the molecule is CNCCN(CCOc1ccc(C)cc1C(=O)OC)S(C)(=O)=O.Cl. The minimum absolute atomic E-state index is 0. The van der Waals surface area contributed by atoms with E-state index in [1.807, 2.05) is 13.0 Å². The molecular formula is C15H25ClN2O5S. The molecule has 0 bridgehead atoms. The summed E-state index contributed by atoms with van der Waals surface area (Å²) in [5.41, 5.74) is 1.23. The highest BCUT2D eigenvalue weighted by Crippen LogP contribution is 2.21. The minimum atomic E-state index is -3.31. The van der Waals surface area contributed by atoms with E-state index in [9.17, 15) is 13.2 Å². The molecule has 0 unspecified atom stereocenters. The molecule has 24 heavy (non-hydrogen) atoms. The first-order valence-electron chi connectivity index (χ1n) is 7.21. The fourth-order valence-electron chi connectivity index (χ4n) is 1.98. The highest BCUT2D eigenvalue weighted by molar-refractivity contribution is 7.88. The predicted molar refractivity (Wildman–Crippen MR) is 95.6 cm³/mol. The molecule has 7 nitrogen and oxygen atoms in total. The van der Waals surface area contributed by atoms with Crippen molar-refractivity contribution in [3.63, 3.8) is 0 Å². The van der Waals surface area contributed by atoms with Gasteiger partial charge in [0.05, 0.1) is 13.4 Å². The van der Waals surface area contributed by atoms with Gasteiger partial charge in [-0.15, -0.1) is 12.4 Å². The van der Waals surface area contributed by atoms with E-state index in [0.717, 1.165) is 11.8 Å². The number of nitrogens with zero attached hydrogens (tertiary/aromatic N) is 1. The van der Waals surface area contributed by atoms with Crippen LogP contribution >= 0.6 is 12.4 Å². The van der Waals surface area contributed by atoms with Crippen molar-refractivity contribution in [1.29, 1.82) is 0 Å². The third kappa shape index (κ3) is 7.04. The van der Waals surface area contributed by atoms with Gasteiger partial charge in [0, 0.05) is 19.6 Å². The summed E-state index contributed by atoms with van der Waals surface area (Å²) in [6.07, 6.45) is 1.16. The number of nitrogens with one attached hydrogen (secondary N) is 1. The number of ether oxygens (including phenoxy) is 2. The topological polar surface area (TPSA) is 84.9 Å². The summed E-state index contributed by atoms with van der Waals surface area (Å²) in [4.78, 5) is 11.8. The molecule has 0 heterocycles. The van der Waals surface area contributed by atoms with E-state index in [-0.39, 0.29) is 25.6 Å². The molecule has 0 aliphatic rings. The van der Waals surface area contributed by atoms with Crippen molar-refractivity contribution in [2.45, 2.75) is 6.92 Å². The Kier molecular flexibility index (Phi) is 9.91. The third-order valence-electron chi connectivity index (χ3n) is 3.22. The molecule has 1 N–H and O–H groups in total. The minimum Gasteiger partial charge on any atom is -0.491 e. The standard InChI is InChI=1S/C15H24N2O5S.ClH/c1-12-5-6-14(13(11-12)15(18)21-3)22-10-9-17(8-7-16-2)23(4,19)20;/h5-6,11,16H,7-10H2,1-4H3;1H. The van der Waals surface area contributed by atoms with Crippen molar-refractivity contribution in [2.24, 2.45) is 0 Å². The summed E-state index contributed by atoms with van der Waals surface area (Å²) in [7, 11) is -0.249. The Labute approximate surface area is 149 Å². The van der Waals surface area contributed by atoms with Gasteiger partial charge in [-0.2, -0.15) is 4.31 Å². The number of carbonyl (C=O) groups is 1. The van der Waals surface area contributed by atoms with Crippen molar-refractivity contribution in [3.05, 3.63) is 29.3 Å². The fourth-order valence-corrected chi connectivity index (χ4v) is 2.81. The Balaban J connectivity index is 0.00000529. The lowest BCUT2D eigenvalue weighted by molar-refractivity contribution is 0.0595. The molecule has 0 saturated heterocycles. The lowest BCUT2D eigenvalue weighted by Crippen LogP contribution is -2.38. The van der Waals surface area contributed by atoms with Gasteiger partial charge in [0.1, 0.15) is 17.9 Å². The number of benzene rings is 1. The molecule has 1 aromatic carbocycles. The number of halogens is 1. The van der Waals surface area contributed by atoms with Crippen LogP contribution in [0.3, 0.4) is 0 Å². The van der Waals surface area contributed by atoms with E-state index in [1.165, 1.54) is 11.4 Å². The summed E-state index contributed by atoms with van der Waals surface area (Å²) in [5, 5.41) is 2.91. The number of hydrogen-bond donors (Lipinski definition) is 1. The Morgan fingerprint density at radius 3 is 2.50 bits per heavy atom. The second-order valence-corrected chi connectivity index (χ2v) is 7.09. The number of sulfonamides is 1. The summed E-state index contributed by atoms with van der Waals surface area (Å²) >= 11 is 0. The van der Waals surface area contributed by atoms with Gasteiger partial charge in [-0.3, -0.25) is 0 Å². The molecule has 0 spiro atoms. The van der Waals surface area contributed by atoms with Crippen LogP contribution in [0, 0.1) is 6.92 Å². The van der Waals surface area contributed by atoms with Gasteiger partial charge in [0.25, 0.3) is 0 Å². The van der Waals surface area contributed by atoms with E-state index in [4.69, 9.17) is 9.47 Å². The van der Waals surface area contributed by atoms with Crippen LogP contribution < -0.4 is 10.1 Å². The third-order valence-corrected chi connectivity index (χ3v) is 4.52. The van der Waals surface area contributed by atoms with Crippen molar-refractivity contribution in [1.82, 2.24) is 9.62 Å². The number of aryl methyl sites for hydroxylation is 1. The van der Waals surface area contributed by atoms with Crippen LogP contribution in [0.2, 0.25) is 0 Å². The molecule has 0 aromatic heterocycles. The lowest BCUT2D eigenvalue weighted by atomic mass is 10.1.